The lowest BCUT2D eigenvalue weighted by molar-refractivity contribution is 0.921. The molecule has 3 rings (SSSR count). The second-order valence-corrected chi connectivity index (χ2v) is 4.23. The van der Waals surface area contributed by atoms with Gasteiger partial charge < -0.3 is 5.73 Å². The Bertz CT molecular complexity index is 721. The van der Waals surface area contributed by atoms with Gasteiger partial charge in [0.2, 0.25) is 0 Å². The van der Waals surface area contributed by atoms with Crippen LogP contribution < -0.4 is 5.73 Å². The van der Waals surface area contributed by atoms with Gasteiger partial charge in [-0.2, -0.15) is 0 Å². The van der Waals surface area contributed by atoms with Crippen molar-refractivity contribution in [3.05, 3.63) is 41.9 Å². The van der Waals surface area contributed by atoms with Crippen molar-refractivity contribution >= 4 is 21.9 Å². The lowest BCUT2D eigenvalue weighted by Crippen LogP contribution is -2.03. The first-order valence-electron chi connectivity index (χ1n) is 6.06. The molecule has 0 aliphatic rings. The van der Waals surface area contributed by atoms with Gasteiger partial charge in [-0.3, -0.25) is 0 Å². The third-order valence-corrected chi connectivity index (χ3v) is 3.09. The summed E-state index contributed by atoms with van der Waals surface area (Å²) in [5.74, 6) is 0.628. The van der Waals surface area contributed by atoms with Gasteiger partial charge in [0, 0.05) is 17.0 Å². The summed E-state index contributed by atoms with van der Waals surface area (Å²) >= 11 is 0. The van der Waals surface area contributed by atoms with E-state index in [4.69, 9.17) is 5.73 Å². The second-order valence-electron chi connectivity index (χ2n) is 4.23. The summed E-state index contributed by atoms with van der Waals surface area (Å²) in [5.41, 5.74) is 8.54. The SMILES string of the molecule is CCc1cccc2cc3cnc(CN)nc3nc12. The Morgan fingerprint density at radius 2 is 2.06 bits per heavy atom. The number of para-hydroxylation sites is 1. The van der Waals surface area contributed by atoms with Crippen molar-refractivity contribution in [2.24, 2.45) is 5.73 Å². The van der Waals surface area contributed by atoms with Crippen LogP contribution in [-0.2, 0) is 13.0 Å². The molecule has 0 spiro atoms. The van der Waals surface area contributed by atoms with E-state index in [1.165, 1.54) is 5.56 Å². The van der Waals surface area contributed by atoms with Gasteiger partial charge in [-0.15, -0.1) is 0 Å². The van der Waals surface area contributed by atoms with Crippen molar-refractivity contribution in [2.45, 2.75) is 19.9 Å². The molecule has 0 amide bonds. The zero-order valence-electron chi connectivity index (χ0n) is 10.2. The standard InChI is InChI=1S/C14H14N4/c1-2-9-4-3-5-10-6-11-8-16-12(7-15)17-14(11)18-13(9)10/h3-6,8H,2,7,15H2,1H3. The van der Waals surface area contributed by atoms with Crippen molar-refractivity contribution in [3.8, 4) is 0 Å². The monoisotopic (exact) mass is 238 g/mol. The maximum Gasteiger partial charge on any atom is 0.163 e. The van der Waals surface area contributed by atoms with Crippen LogP contribution in [0.25, 0.3) is 21.9 Å². The van der Waals surface area contributed by atoms with Crippen molar-refractivity contribution in [3.63, 3.8) is 0 Å². The Morgan fingerprint density at radius 3 is 2.83 bits per heavy atom. The lowest BCUT2D eigenvalue weighted by atomic mass is 10.1. The first-order valence-corrected chi connectivity index (χ1v) is 6.06. The zero-order chi connectivity index (χ0) is 12.5. The fourth-order valence-electron chi connectivity index (χ4n) is 2.13. The summed E-state index contributed by atoms with van der Waals surface area (Å²) in [6, 6.07) is 8.31. The van der Waals surface area contributed by atoms with Crippen LogP contribution in [0.4, 0.5) is 0 Å². The molecule has 0 bridgehead atoms. The highest BCUT2D eigenvalue weighted by Gasteiger charge is 2.05. The first-order chi connectivity index (χ1) is 8.81. The van der Waals surface area contributed by atoms with E-state index in [0.29, 0.717) is 12.4 Å². The van der Waals surface area contributed by atoms with Crippen LogP contribution in [0.3, 0.4) is 0 Å². The Balaban J connectivity index is 2.36. The van der Waals surface area contributed by atoms with E-state index in [2.05, 4.69) is 46.1 Å². The third-order valence-electron chi connectivity index (χ3n) is 3.09. The highest BCUT2D eigenvalue weighted by Crippen LogP contribution is 2.21. The van der Waals surface area contributed by atoms with Crippen molar-refractivity contribution in [1.29, 1.82) is 0 Å². The van der Waals surface area contributed by atoms with E-state index < -0.39 is 0 Å². The van der Waals surface area contributed by atoms with Crippen LogP contribution in [0.1, 0.15) is 18.3 Å². The van der Waals surface area contributed by atoms with Gasteiger partial charge in [-0.25, -0.2) is 15.0 Å². The minimum atomic E-state index is 0.338. The zero-order valence-corrected chi connectivity index (χ0v) is 10.2. The quantitative estimate of drug-likeness (QED) is 0.695. The number of nitrogens with zero attached hydrogens (tertiary/aromatic N) is 3. The molecule has 4 heteroatoms. The minimum absolute atomic E-state index is 0.338. The number of hydrogen-bond donors (Lipinski definition) is 1. The highest BCUT2D eigenvalue weighted by atomic mass is 15.0. The van der Waals surface area contributed by atoms with Crippen molar-refractivity contribution in [2.75, 3.05) is 0 Å². The predicted molar refractivity (Wildman–Crippen MR) is 72.1 cm³/mol. The minimum Gasteiger partial charge on any atom is -0.324 e. The Labute approximate surface area is 105 Å². The highest BCUT2D eigenvalue weighted by molar-refractivity contribution is 5.92. The Morgan fingerprint density at radius 1 is 1.17 bits per heavy atom. The van der Waals surface area contributed by atoms with Gasteiger partial charge in [0.05, 0.1) is 12.1 Å². The lowest BCUT2D eigenvalue weighted by Gasteiger charge is -2.05. The number of aryl methyl sites for hydroxylation is 1. The number of fused-ring (bicyclic) bond motifs is 2. The molecule has 2 aromatic heterocycles. The summed E-state index contributed by atoms with van der Waals surface area (Å²) in [4.78, 5) is 13.2. The molecular weight excluding hydrogens is 224 g/mol. The predicted octanol–water partition coefficient (Wildman–Crippen LogP) is 2.20. The van der Waals surface area contributed by atoms with Crippen LogP contribution in [0, 0.1) is 0 Å². The average Bonchev–Trinajstić information content (AvgIpc) is 2.43. The molecule has 1 aromatic carbocycles. The molecule has 3 aromatic rings. The largest absolute Gasteiger partial charge is 0.324 e. The van der Waals surface area contributed by atoms with Gasteiger partial charge in [-0.05, 0) is 18.1 Å². The molecular formula is C14H14N4. The molecule has 0 unspecified atom stereocenters. The van der Waals surface area contributed by atoms with E-state index in [1.54, 1.807) is 6.20 Å². The first kappa shape index (κ1) is 11.0. The Hall–Kier alpha value is -2.07. The van der Waals surface area contributed by atoms with Gasteiger partial charge in [-0.1, -0.05) is 25.1 Å². The van der Waals surface area contributed by atoms with Gasteiger partial charge >= 0.3 is 0 Å². The number of pyridine rings is 1. The number of rotatable bonds is 2. The normalized spacial score (nSPS) is 11.2. The third kappa shape index (κ3) is 1.71. The van der Waals surface area contributed by atoms with Gasteiger partial charge in [0.1, 0.15) is 5.82 Å². The molecule has 90 valence electrons. The van der Waals surface area contributed by atoms with Crippen molar-refractivity contribution < 1.29 is 0 Å². The van der Waals surface area contributed by atoms with Crippen LogP contribution >= 0.6 is 0 Å². The Kier molecular flexibility index (Phi) is 2.64. The summed E-state index contributed by atoms with van der Waals surface area (Å²) in [6.07, 6.45) is 2.75. The molecule has 4 nitrogen and oxygen atoms in total. The van der Waals surface area contributed by atoms with Crippen LogP contribution in [0.5, 0.6) is 0 Å². The van der Waals surface area contributed by atoms with E-state index >= 15 is 0 Å². The van der Waals surface area contributed by atoms with Crippen LogP contribution in [0.2, 0.25) is 0 Å². The fourth-order valence-corrected chi connectivity index (χ4v) is 2.13. The van der Waals surface area contributed by atoms with E-state index in [1.807, 2.05) is 0 Å². The molecule has 2 heterocycles. The average molecular weight is 238 g/mol. The van der Waals surface area contributed by atoms with E-state index in [9.17, 15) is 0 Å². The van der Waals surface area contributed by atoms with Gasteiger partial charge in [0.15, 0.2) is 5.65 Å². The topological polar surface area (TPSA) is 64.7 Å². The second kappa shape index (κ2) is 4.31. The summed E-state index contributed by atoms with van der Waals surface area (Å²) in [6.45, 7) is 2.47. The van der Waals surface area contributed by atoms with Crippen LogP contribution in [0.15, 0.2) is 30.5 Å². The maximum absolute atomic E-state index is 5.56. The molecule has 0 radical (unpaired) electrons. The van der Waals surface area contributed by atoms with E-state index in [-0.39, 0.29) is 0 Å². The van der Waals surface area contributed by atoms with E-state index in [0.717, 1.165) is 28.4 Å². The number of aromatic nitrogens is 3. The molecule has 0 fully saturated rings. The number of benzene rings is 1. The molecule has 0 aliphatic carbocycles. The molecule has 0 aliphatic heterocycles. The molecule has 0 atom stereocenters. The fraction of sp³-hybridized carbons (Fsp3) is 0.214. The molecule has 0 saturated heterocycles. The molecule has 18 heavy (non-hydrogen) atoms. The smallest absolute Gasteiger partial charge is 0.163 e. The summed E-state index contributed by atoms with van der Waals surface area (Å²) in [7, 11) is 0. The van der Waals surface area contributed by atoms with Crippen molar-refractivity contribution in [1.82, 2.24) is 15.0 Å². The summed E-state index contributed by atoms with van der Waals surface area (Å²) in [5, 5.41) is 2.08. The maximum atomic E-state index is 5.56. The number of hydrogen-bond acceptors (Lipinski definition) is 4. The summed E-state index contributed by atoms with van der Waals surface area (Å²) < 4.78 is 0. The van der Waals surface area contributed by atoms with Gasteiger partial charge in [0.25, 0.3) is 0 Å². The molecule has 2 N–H and O–H groups in total. The number of nitrogens with two attached hydrogens (primary N) is 1. The van der Waals surface area contributed by atoms with Crippen LogP contribution in [-0.4, -0.2) is 15.0 Å². The molecule has 0 saturated carbocycles.